The van der Waals surface area contributed by atoms with E-state index in [9.17, 15) is 17.6 Å². The van der Waals surface area contributed by atoms with Crippen LogP contribution in [0.4, 0.5) is 10.1 Å². The Hall–Kier alpha value is -2.61. The predicted molar refractivity (Wildman–Crippen MR) is 103 cm³/mol. The third kappa shape index (κ3) is 5.43. The van der Waals surface area contributed by atoms with E-state index in [-0.39, 0.29) is 12.2 Å². The van der Waals surface area contributed by atoms with Gasteiger partial charge in [0, 0.05) is 6.54 Å². The smallest absolute Gasteiger partial charge is 0.243 e. The first-order chi connectivity index (χ1) is 12.7. The molecule has 2 aromatic carbocycles. The van der Waals surface area contributed by atoms with Crippen LogP contribution in [0.25, 0.3) is 0 Å². The summed E-state index contributed by atoms with van der Waals surface area (Å²) in [6.45, 7) is 4.01. The quantitative estimate of drug-likeness (QED) is 0.747. The SMILES string of the molecule is CCOc1cccc(CNC(=O)[C@@H](C)N(c2ccccc2F)S(C)(=O)=O)c1. The molecule has 0 spiro atoms. The standard InChI is InChI=1S/C19H23FN2O4S/c1-4-26-16-9-7-8-15(12-16)13-21-19(23)14(2)22(27(3,24)25)18-11-6-5-10-17(18)20/h5-12,14H,4,13H2,1-3H3,(H,21,23)/t14-/m1/s1. The largest absolute Gasteiger partial charge is 0.494 e. The van der Waals surface area contributed by atoms with Crippen LogP contribution in [-0.2, 0) is 21.4 Å². The molecule has 1 atom stereocenters. The first-order valence-corrected chi connectivity index (χ1v) is 10.3. The summed E-state index contributed by atoms with van der Waals surface area (Å²) in [5.41, 5.74) is 0.638. The molecule has 0 unspecified atom stereocenters. The number of halogens is 1. The molecule has 27 heavy (non-hydrogen) atoms. The number of anilines is 1. The van der Waals surface area contributed by atoms with Crippen LogP contribution in [0.1, 0.15) is 19.4 Å². The molecule has 0 bridgehead atoms. The van der Waals surface area contributed by atoms with Crippen LogP contribution in [0, 0.1) is 5.82 Å². The van der Waals surface area contributed by atoms with Crippen molar-refractivity contribution in [3.8, 4) is 5.75 Å². The number of nitrogens with zero attached hydrogens (tertiary/aromatic N) is 1. The molecule has 2 aromatic rings. The summed E-state index contributed by atoms with van der Waals surface area (Å²) in [5, 5.41) is 2.69. The van der Waals surface area contributed by atoms with Crippen molar-refractivity contribution in [3.05, 3.63) is 59.9 Å². The van der Waals surface area contributed by atoms with E-state index in [0.29, 0.717) is 12.4 Å². The van der Waals surface area contributed by atoms with E-state index in [2.05, 4.69) is 5.32 Å². The average Bonchev–Trinajstić information content (AvgIpc) is 2.61. The summed E-state index contributed by atoms with van der Waals surface area (Å²) in [6, 6.07) is 11.5. The van der Waals surface area contributed by atoms with Crippen LogP contribution in [0.2, 0.25) is 0 Å². The highest BCUT2D eigenvalue weighted by Gasteiger charge is 2.30. The highest BCUT2D eigenvalue weighted by Crippen LogP contribution is 2.24. The van der Waals surface area contributed by atoms with Crippen LogP contribution >= 0.6 is 0 Å². The summed E-state index contributed by atoms with van der Waals surface area (Å²) >= 11 is 0. The molecule has 0 saturated heterocycles. The molecule has 0 fully saturated rings. The lowest BCUT2D eigenvalue weighted by Crippen LogP contribution is -2.48. The van der Waals surface area contributed by atoms with E-state index in [0.717, 1.165) is 22.2 Å². The number of sulfonamides is 1. The zero-order valence-electron chi connectivity index (χ0n) is 15.5. The Labute approximate surface area is 159 Å². The summed E-state index contributed by atoms with van der Waals surface area (Å²) in [4.78, 5) is 12.5. The predicted octanol–water partition coefficient (Wildman–Crippen LogP) is 2.70. The normalized spacial score (nSPS) is 12.3. The zero-order valence-corrected chi connectivity index (χ0v) is 16.3. The Morgan fingerprint density at radius 1 is 1.22 bits per heavy atom. The number of rotatable bonds is 8. The number of carbonyl (C=O) groups excluding carboxylic acids is 1. The van der Waals surface area contributed by atoms with E-state index in [1.165, 1.54) is 25.1 Å². The van der Waals surface area contributed by atoms with Gasteiger partial charge in [0.05, 0.1) is 18.6 Å². The highest BCUT2D eigenvalue weighted by molar-refractivity contribution is 7.92. The number of ether oxygens (including phenoxy) is 1. The molecule has 0 aliphatic carbocycles. The molecular formula is C19H23FN2O4S. The summed E-state index contributed by atoms with van der Waals surface area (Å²) < 4.78 is 44.7. The van der Waals surface area contributed by atoms with Crippen molar-refractivity contribution in [2.75, 3.05) is 17.2 Å². The number of hydrogen-bond donors (Lipinski definition) is 1. The fourth-order valence-corrected chi connectivity index (χ4v) is 3.84. The lowest BCUT2D eigenvalue weighted by atomic mass is 10.2. The van der Waals surface area contributed by atoms with Crippen molar-refractivity contribution in [3.63, 3.8) is 0 Å². The van der Waals surface area contributed by atoms with Gasteiger partial charge in [-0.05, 0) is 43.7 Å². The second-order valence-corrected chi connectivity index (χ2v) is 7.84. The van der Waals surface area contributed by atoms with Crippen LogP contribution in [0.15, 0.2) is 48.5 Å². The third-order valence-electron chi connectivity index (χ3n) is 3.85. The molecular weight excluding hydrogens is 371 g/mol. The topological polar surface area (TPSA) is 75.7 Å². The molecule has 1 amide bonds. The second kappa shape index (κ2) is 8.85. The van der Waals surface area contributed by atoms with Gasteiger partial charge in [-0.3, -0.25) is 9.10 Å². The van der Waals surface area contributed by atoms with Crippen LogP contribution in [0.5, 0.6) is 5.75 Å². The lowest BCUT2D eigenvalue weighted by Gasteiger charge is -2.28. The van der Waals surface area contributed by atoms with Crippen molar-refractivity contribution >= 4 is 21.6 Å². The Morgan fingerprint density at radius 3 is 2.56 bits per heavy atom. The van der Waals surface area contributed by atoms with Gasteiger partial charge in [-0.25, -0.2) is 12.8 Å². The molecule has 0 radical (unpaired) electrons. The Morgan fingerprint density at radius 2 is 1.93 bits per heavy atom. The number of amides is 1. The van der Waals surface area contributed by atoms with Crippen molar-refractivity contribution in [2.24, 2.45) is 0 Å². The maximum absolute atomic E-state index is 14.1. The fraction of sp³-hybridized carbons (Fsp3) is 0.316. The molecule has 0 aliphatic rings. The van der Waals surface area contributed by atoms with Crippen LogP contribution in [-0.4, -0.2) is 33.2 Å². The van der Waals surface area contributed by atoms with E-state index in [4.69, 9.17) is 4.74 Å². The summed E-state index contributed by atoms with van der Waals surface area (Å²) in [7, 11) is -3.87. The molecule has 0 heterocycles. The van der Waals surface area contributed by atoms with E-state index in [1.54, 1.807) is 18.2 Å². The van der Waals surface area contributed by atoms with Gasteiger partial charge in [0.1, 0.15) is 17.6 Å². The van der Waals surface area contributed by atoms with Crippen molar-refractivity contribution in [1.82, 2.24) is 5.32 Å². The lowest BCUT2D eigenvalue weighted by molar-refractivity contribution is -0.122. The average molecular weight is 394 g/mol. The molecule has 0 aromatic heterocycles. The number of hydrogen-bond acceptors (Lipinski definition) is 4. The van der Waals surface area contributed by atoms with Gasteiger partial charge >= 0.3 is 0 Å². The summed E-state index contributed by atoms with van der Waals surface area (Å²) in [5.74, 6) is -0.570. The Balaban J connectivity index is 2.16. The molecule has 1 N–H and O–H groups in total. The molecule has 0 aliphatic heterocycles. The maximum Gasteiger partial charge on any atom is 0.243 e. The Bertz CT molecular complexity index is 902. The van der Waals surface area contributed by atoms with E-state index in [1.807, 2.05) is 13.0 Å². The fourth-order valence-electron chi connectivity index (χ4n) is 2.66. The van der Waals surface area contributed by atoms with Crippen LogP contribution < -0.4 is 14.4 Å². The minimum absolute atomic E-state index is 0.166. The monoisotopic (exact) mass is 394 g/mol. The van der Waals surface area contributed by atoms with Crippen molar-refractivity contribution in [1.29, 1.82) is 0 Å². The van der Waals surface area contributed by atoms with Gasteiger partial charge < -0.3 is 10.1 Å². The number of nitrogens with one attached hydrogen (secondary N) is 1. The second-order valence-electron chi connectivity index (χ2n) is 5.98. The van der Waals surface area contributed by atoms with Gasteiger partial charge in [-0.15, -0.1) is 0 Å². The van der Waals surface area contributed by atoms with Gasteiger partial charge in [-0.1, -0.05) is 24.3 Å². The highest BCUT2D eigenvalue weighted by atomic mass is 32.2. The zero-order chi connectivity index (χ0) is 20.0. The number of benzene rings is 2. The van der Waals surface area contributed by atoms with E-state index < -0.39 is 27.8 Å². The van der Waals surface area contributed by atoms with Crippen molar-refractivity contribution < 1.29 is 22.3 Å². The van der Waals surface area contributed by atoms with E-state index >= 15 is 0 Å². The first kappa shape index (κ1) is 20.7. The van der Waals surface area contributed by atoms with Crippen molar-refractivity contribution in [2.45, 2.75) is 26.4 Å². The number of para-hydroxylation sites is 1. The first-order valence-electron chi connectivity index (χ1n) is 8.47. The van der Waals surface area contributed by atoms with Gasteiger partial charge in [0.15, 0.2) is 0 Å². The molecule has 6 nitrogen and oxygen atoms in total. The molecule has 8 heteroatoms. The minimum Gasteiger partial charge on any atom is -0.494 e. The van der Waals surface area contributed by atoms with Gasteiger partial charge in [-0.2, -0.15) is 0 Å². The van der Waals surface area contributed by atoms with Crippen LogP contribution in [0.3, 0.4) is 0 Å². The molecule has 2 rings (SSSR count). The third-order valence-corrected chi connectivity index (χ3v) is 5.08. The maximum atomic E-state index is 14.1. The number of carbonyl (C=O) groups is 1. The Kier molecular flexibility index (Phi) is 6.79. The summed E-state index contributed by atoms with van der Waals surface area (Å²) in [6.07, 6.45) is 0.939. The molecule has 0 saturated carbocycles. The minimum atomic E-state index is -3.87. The van der Waals surface area contributed by atoms with Gasteiger partial charge in [0.2, 0.25) is 15.9 Å². The van der Waals surface area contributed by atoms with Gasteiger partial charge in [0.25, 0.3) is 0 Å². The molecule has 146 valence electrons.